The third kappa shape index (κ3) is 3.20. The van der Waals surface area contributed by atoms with E-state index < -0.39 is 11.6 Å². The van der Waals surface area contributed by atoms with E-state index in [0.717, 1.165) is 42.2 Å². The summed E-state index contributed by atoms with van der Waals surface area (Å²) in [4.78, 5) is 37.3. The average molecular weight is 411 g/mol. The molecule has 0 bridgehead atoms. The van der Waals surface area contributed by atoms with Crippen LogP contribution in [0, 0.1) is 0 Å². The number of imide groups is 1. The second-order valence-electron chi connectivity index (χ2n) is 8.47. The highest BCUT2D eigenvalue weighted by Crippen LogP contribution is 2.29. The molecule has 0 spiro atoms. The number of amides is 3. The van der Waals surface area contributed by atoms with Crippen molar-refractivity contribution >= 4 is 23.7 Å². The number of hydrogen-bond acceptors (Lipinski definition) is 7. The molecule has 3 amide bonds. The second-order valence-corrected chi connectivity index (χ2v) is 8.47. The van der Waals surface area contributed by atoms with Gasteiger partial charge < -0.3 is 15.0 Å². The molecule has 10 nitrogen and oxygen atoms in total. The maximum absolute atomic E-state index is 12.6. The minimum atomic E-state index is -0.928. The number of urea groups is 1. The Morgan fingerprint density at radius 2 is 2.10 bits per heavy atom. The van der Waals surface area contributed by atoms with Crippen LogP contribution in [0.4, 0.5) is 16.6 Å². The van der Waals surface area contributed by atoms with Crippen molar-refractivity contribution in [3.05, 3.63) is 29.7 Å². The molecule has 1 unspecified atom stereocenters. The number of anilines is 2. The monoisotopic (exact) mass is 411 g/mol. The third-order valence-electron chi connectivity index (χ3n) is 5.83. The van der Waals surface area contributed by atoms with Crippen LogP contribution in [-0.2, 0) is 22.6 Å². The molecular formula is C20H25N7O3. The fraction of sp³-hybridized carbons (Fsp3) is 0.550. The molecule has 3 aliphatic rings. The van der Waals surface area contributed by atoms with E-state index in [2.05, 4.69) is 20.3 Å². The van der Waals surface area contributed by atoms with E-state index in [1.807, 2.05) is 10.7 Å². The zero-order chi connectivity index (χ0) is 20.9. The molecule has 10 heteroatoms. The van der Waals surface area contributed by atoms with Gasteiger partial charge in [0.1, 0.15) is 5.54 Å². The molecule has 158 valence electrons. The van der Waals surface area contributed by atoms with Crippen LogP contribution in [0.25, 0.3) is 0 Å². The number of nitrogens with one attached hydrogen (secondary N) is 1. The summed E-state index contributed by atoms with van der Waals surface area (Å²) in [5, 5.41) is 7.18. The molecule has 1 N–H and O–H groups in total. The molecule has 2 fully saturated rings. The fourth-order valence-electron chi connectivity index (χ4n) is 4.16. The van der Waals surface area contributed by atoms with Gasteiger partial charge in [-0.3, -0.25) is 9.48 Å². The van der Waals surface area contributed by atoms with E-state index in [-0.39, 0.29) is 12.0 Å². The number of aromatic nitrogens is 4. The van der Waals surface area contributed by atoms with Crippen LogP contribution < -0.4 is 15.1 Å². The molecule has 0 aliphatic carbocycles. The Morgan fingerprint density at radius 3 is 2.83 bits per heavy atom. The van der Waals surface area contributed by atoms with Crippen molar-refractivity contribution < 1.29 is 14.3 Å². The van der Waals surface area contributed by atoms with Gasteiger partial charge in [-0.15, -0.1) is 0 Å². The standard InChI is InChI=1S/C20H25N7O3/c1-20(2)17(28)27(19(29)23-20)16-11-13-12-25(8-9-26(13)24-16)18-21-7-6-14(22-18)15-5-3-4-10-30-15/h6-7,11,15H,3-5,8-10,12H2,1-2H3,(H,23,29). The topological polar surface area (TPSA) is 105 Å². The van der Waals surface area contributed by atoms with Gasteiger partial charge in [0.2, 0.25) is 5.95 Å². The predicted molar refractivity (Wildman–Crippen MR) is 108 cm³/mol. The van der Waals surface area contributed by atoms with Gasteiger partial charge in [-0.1, -0.05) is 0 Å². The third-order valence-corrected chi connectivity index (χ3v) is 5.83. The van der Waals surface area contributed by atoms with Crippen LogP contribution in [0.5, 0.6) is 0 Å². The van der Waals surface area contributed by atoms with Gasteiger partial charge in [0.05, 0.1) is 30.6 Å². The van der Waals surface area contributed by atoms with Gasteiger partial charge in [-0.2, -0.15) is 5.10 Å². The minimum Gasteiger partial charge on any atom is -0.372 e. The van der Waals surface area contributed by atoms with Gasteiger partial charge >= 0.3 is 6.03 Å². The van der Waals surface area contributed by atoms with Gasteiger partial charge in [-0.25, -0.2) is 19.7 Å². The number of nitrogens with zero attached hydrogens (tertiary/aromatic N) is 6. The van der Waals surface area contributed by atoms with E-state index in [0.29, 0.717) is 31.4 Å². The lowest BCUT2D eigenvalue weighted by atomic mass is 10.1. The second kappa shape index (κ2) is 7.05. The van der Waals surface area contributed by atoms with Gasteiger partial charge in [0, 0.05) is 25.4 Å². The highest BCUT2D eigenvalue weighted by molar-refractivity contribution is 6.22. The van der Waals surface area contributed by atoms with Crippen molar-refractivity contribution in [1.29, 1.82) is 0 Å². The summed E-state index contributed by atoms with van der Waals surface area (Å²) in [6.45, 7) is 6.01. The summed E-state index contributed by atoms with van der Waals surface area (Å²) < 4.78 is 7.70. The largest absolute Gasteiger partial charge is 0.372 e. The molecule has 1 atom stereocenters. The lowest BCUT2D eigenvalue weighted by Crippen LogP contribution is -2.40. The molecule has 5 rings (SSSR count). The van der Waals surface area contributed by atoms with Crippen molar-refractivity contribution in [2.75, 3.05) is 23.0 Å². The number of carbonyl (C=O) groups excluding carboxylic acids is 2. The molecule has 0 radical (unpaired) electrons. The summed E-state index contributed by atoms with van der Waals surface area (Å²) in [5.41, 5.74) is 0.897. The molecule has 2 aromatic rings. The lowest BCUT2D eigenvalue weighted by Gasteiger charge is -2.28. The molecule has 30 heavy (non-hydrogen) atoms. The van der Waals surface area contributed by atoms with Crippen LogP contribution in [-0.4, -0.2) is 50.4 Å². The molecule has 2 aromatic heterocycles. The first-order chi connectivity index (χ1) is 14.4. The van der Waals surface area contributed by atoms with E-state index in [4.69, 9.17) is 9.72 Å². The molecule has 2 saturated heterocycles. The Morgan fingerprint density at radius 1 is 1.23 bits per heavy atom. The summed E-state index contributed by atoms with van der Waals surface area (Å²) in [7, 11) is 0. The van der Waals surface area contributed by atoms with Crippen molar-refractivity contribution in [2.45, 2.75) is 57.8 Å². The summed E-state index contributed by atoms with van der Waals surface area (Å²) >= 11 is 0. The maximum Gasteiger partial charge on any atom is 0.330 e. The number of fused-ring (bicyclic) bond motifs is 1. The van der Waals surface area contributed by atoms with E-state index in [9.17, 15) is 9.59 Å². The summed E-state index contributed by atoms with van der Waals surface area (Å²) in [5.74, 6) is 0.709. The van der Waals surface area contributed by atoms with Crippen molar-refractivity contribution in [3.8, 4) is 0 Å². The first kappa shape index (κ1) is 19.0. The quantitative estimate of drug-likeness (QED) is 0.768. The van der Waals surface area contributed by atoms with Gasteiger partial charge in [0.15, 0.2) is 5.82 Å². The first-order valence-electron chi connectivity index (χ1n) is 10.4. The fourth-order valence-corrected chi connectivity index (χ4v) is 4.16. The SMILES string of the molecule is CC1(C)NC(=O)N(c2cc3n(n2)CCN(c2nccc(C4CCCCO4)n2)C3)C1=O. The predicted octanol–water partition coefficient (Wildman–Crippen LogP) is 1.77. The number of rotatable bonds is 3. The van der Waals surface area contributed by atoms with E-state index >= 15 is 0 Å². The molecule has 0 saturated carbocycles. The van der Waals surface area contributed by atoms with Crippen LogP contribution in [0.1, 0.15) is 50.6 Å². The van der Waals surface area contributed by atoms with Gasteiger partial charge in [0.25, 0.3) is 5.91 Å². The van der Waals surface area contributed by atoms with Crippen LogP contribution >= 0.6 is 0 Å². The summed E-state index contributed by atoms with van der Waals surface area (Å²) in [6, 6.07) is 3.27. The maximum atomic E-state index is 12.6. The number of carbonyl (C=O) groups is 2. The zero-order valence-corrected chi connectivity index (χ0v) is 17.2. The first-order valence-corrected chi connectivity index (χ1v) is 10.4. The highest BCUT2D eigenvalue weighted by Gasteiger charge is 2.46. The van der Waals surface area contributed by atoms with Gasteiger partial charge in [-0.05, 0) is 39.2 Å². The van der Waals surface area contributed by atoms with Crippen LogP contribution in [0.15, 0.2) is 18.3 Å². The number of ether oxygens (including phenoxy) is 1. The minimum absolute atomic E-state index is 0.0328. The van der Waals surface area contributed by atoms with Crippen molar-refractivity contribution in [1.82, 2.24) is 25.1 Å². The Labute approximate surface area is 174 Å². The van der Waals surface area contributed by atoms with E-state index in [1.54, 1.807) is 26.1 Å². The number of hydrogen-bond donors (Lipinski definition) is 1. The molecule has 5 heterocycles. The highest BCUT2D eigenvalue weighted by atomic mass is 16.5. The van der Waals surface area contributed by atoms with Crippen LogP contribution in [0.3, 0.4) is 0 Å². The summed E-state index contributed by atoms with van der Waals surface area (Å²) in [6.07, 6.45) is 5.04. The van der Waals surface area contributed by atoms with Crippen molar-refractivity contribution in [3.63, 3.8) is 0 Å². The van der Waals surface area contributed by atoms with Crippen LogP contribution in [0.2, 0.25) is 0 Å². The van der Waals surface area contributed by atoms with E-state index in [1.165, 1.54) is 0 Å². The molecule has 0 aromatic carbocycles. The lowest BCUT2D eigenvalue weighted by molar-refractivity contribution is -0.121. The smallest absolute Gasteiger partial charge is 0.330 e. The zero-order valence-electron chi connectivity index (χ0n) is 17.2. The normalized spacial score (nSPS) is 23.5. The Bertz CT molecular complexity index is 996. The Kier molecular flexibility index (Phi) is 4.46. The Hall–Kier alpha value is -3.01. The van der Waals surface area contributed by atoms with Crippen molar-refractivity contribution in [2.24, 2.45) is 0 Å². The Balaban J connectivity index is 1.36. The average Bonchev–Trinajstić information content (AvgIpc) is 3.25. The molecule has 3 aliphatic heterocycles. The molecular weight excluding hydrogens is 386 g/mol.